The van der Waals surface area contributed by atoms with Crippen molar-refractivity contribution >= 4 is 27.3 Å². The number of hydrogen-bond donors (Lipinski definition) is 1. The van der Waals surface area contributed by atoms with E-state index in [1.54, 1.807) is 35.6 Å². The third-order valence-corrected chi connectivity index (χ3v) is 6.95. The van der Waals surface area contributed by atoms with Crippen molar-refractivity contribution in [3.05, 3.63) is 52.2 Å². The first kappa shape index (κ1) is 17.1. The molecule has 1 aromatic carbocycles. The highest BCUT2D eigenvalue weighted by atomic mass is 32.2. The molecule has 1 aliphatic rings. The van der Waals surface area contributed by atoms with Gasteiger partial charge in [0, 0.05) is 11.4 Å². The molecule has 128 valence electrons. The van der Waals surface area contributed by atoms with Crippen LogP contribution in [0, 0.1) is 6.92 Å². The number of aryl methyl sites for hydroxylation is 1. The van der Waals surface area contributed by atoms with E-state index in [1.807, 2.05) is 24.4 Å². The van der Waals surface area contributed by atoms with Gasteiger partial charge < -0.3 is 5.32 Å². The van der Waals surface area contributed by atoms with Crippen molar-refractivity contribution in [1.29, 1.82) is 0 Å². The predicted molar refractivity (Wildman–Crippen MR) is 94.3 cm³/mol. The van der Waals surface area contributed by atoms with Crippen molar-refractivity contribution in [3.63, 3.8) is 0 Å². The van der Waals surface area contributed by atoms with E-state index >= 15 is 0 Å². The number of nitrogens with zero attached hydrogens (tertiary/aromatic N) is 1. The number of carbonyl (C=O) groups excluding carboxylic acids is 1. The van der Waals surface area contributed by atoms with Gasteiger partial charge in [-0.15, -0.1) is 11.3 Å². The molecule has 1 N–H and O–H groups in total. The Morgan fingerprint density at radius 2 is 2.04 bits per heavy atom. The molecule has 24 heavy (non-hydrogen) atoms. The van der Waals surface area contributed by atoms with E-state index in [-0.39, 0.29) is 10.8 Å². The minimum absolute atomic E-state index is 0.225. The van der Waals surface area contributed by atoms with Crippen molar-refractivity contribution in [2.24, 2.45) is 0 Å². The zero-order chi connectivity index (χ0) is 17.2. The number of hydrogen-bond acceptors (Lipinski definition) is 4. The second-order valence-corrected chi connectivity index (χ2v) is 8.81. The van der Waals surface area contributed by atoms with E-state index in [2.05, 4.69) is 5.32 Å². The van der Waals surface area contributed by atoms with Crippen LogP contribution in [0.4, 0.5) is 0 Å². The second kappa shape index (κ2) is 7.04. The zero-order valence-corrected chi connectivity index (χ0v) is 15.1. The van der Waals surface area contributed by atoms with Crippen LogP contribution in [-0.2, 0) is 21.4 Å². The summed E-state index contributed by atoms with van der Waals surface area (Å²) in [5.41, 5.74) is 1.00. The van der Waals surface area contributed by atoms with E-state index < -0.39 is 16.1 Å². The van der Waals surface area contributed by atoms with Crippen molar-refractivity contribution in [3.8, 4) is 0 Å². The van der Waals surface area contributed by atoms with Gasteiger partial charge in [0.2, 0.25) is 15.9 Å². The summed E-state index contributed by atoms with van der Waals surface area (Å²) >= 11 is 1.57. The molecule has 2 aromatic rings. The Hall–Kier alpha value is -1.70. The van der Waals surface area contributed by atoms with Gasteiger partial charge >= 0.3 is 0 Å². The van der Waals surface area contributed by atoms with Crippen LogP contribution in [0.15, 0.2) is 46.7 Å². The van der Waals surface area contributed by atoms with Crippen LogP contribution in [-0.4, -0.2) is 31.2 Å². The minimum atomic E-state index is -3.65. The summed E-state index contributed by atoms with van der Waals surface area (Å²) in [5.74, 6) is -0.225. The molecule has 0 aliphatic carbocycles. The molecule has 0 saturated carbocycles. The van der Waals surface area contributed by atoms with Crippen molar-refractivity contribution < 1.29 is 13.2 Å². The minimum Gasteiger partial charge on any atom is -0.350 e. The summed E-state index contributed by atoms with van der Waals surface area (Å²) in [6.45, 7) is 2.73. The molecule has 7 heteroatoms. The van der Waals surface area contributed by atoms with Gasteiger partial charge in [0.05, 0.1) is 11.4 Å². The van der Waals surface area contributed by atoms with Gasteiger partial charge in [0.15, 0.2) is 0 Å². The molecule has 1 unspecified atom stereocenters. The van der Waals surface area contributed by atoms with Gasteiger partial charge in [-0.3, -0.25) is 4.79 Å². The number of rotatable bonds is 5. The lowest BCUT2D eigenvalue weighted by atomic mass is 10.2. The van der Waals surface area contributed by atoms with Crippen LogP contribution >= 0.6 is 11.3 Å². The predicted octanol–water partition coefficient (Wildman–Crippen LogP) is 2.53. The number of benzene rings is 1. The second-order valence-electron chi connectivity index (χ2n) is 5.88. The molecule has 1 aromatic heterocycles. The highest BCUT2D eigenvalue weighted by Crippen LogP contribution is 2.26. The largest absolute Gasteiger partial charge is 0.350 e. The van der Waals surface area contributed by atoms with Gasteiger partial charge in [-0.1, -0.05) is 23.8 Å². The molecule has 0 spiro atoms. The summed E-state index contributed by atoms with van der Waals surface area (Å²) in [5, 5.41) is 4.80. The maximum atomic E-state index is 12.8. The smallest absolute Gasteiger partial charge is 0.243 e. The van der Waals surface area contributed by atoms with Gasteiger partial charge in [-0.05, 0) is 43.3 Å². The van der Waals surface area contributed by atoms with E-state index in [9.17, 15) is 13.2 Å². The van der Waals surface area contributed by atoms with Crippen LogP contribution in [0.2, 0.25) is 0 Å². The fourth-order valence-corrected chi connectivity index (χ4v) is 5.14. The molecule has 3 rings (SSSR count). The molecule has 5 nitrogen and oxygen atoms in total. The summed E-state index contributed by atoms with van der Waals surface area (Å²) in [6.07, 6.45) is 1.25. The number of sulfonamides is 1. The summed E-state index contributed by atoms with van der Waals surface area (Å²) < 4.78 is 27.0. The summed E-state index contributed by atoms with van der Waals surface area (Å²) in [7, 11) is -3.65. The molecule has 0 bridgehead atoms. The van der Waals surface area contributed by atoms with Crippen LogP contribution in [0.3, 0.4) is 0 Å². The molecule has 1 fully saturated rings. The molecular formula is C17H20N2O3S2. The Morgan fingerprint density at radius 3 is 2.71 bits per heavy atom. The fourth-order valence-electron chi connectivity index (χ4n) is 2.84. The zero-order valence-electron chi connectivity index (χ0n) is 13.4. The Labute approximate surface area is 146 Å². The highest BCUT2D eigenvalue weighted by molar-refractivity contribution is 7.89. The fraction of sp³-hybridized carbons (Fsp3) is 0.353. The first-order chi connectivity index (χ1) is 11.5. The van der Waals surface area contributed by atoms with Crippen molar-refractivity contribution in [2.75, 3.05) is 6.54 Å². The number of carbonyl (C=O) groups is 1. The summed E-state index contributed by atoms with van der Waals surface area (Å²) in [6, 6.07) is 9.99. The monoisotopic (exact) mass is 364 g/mol. The Balaban J connectivity index is 1.74. The molecular weight excluding hydrogens is 344 g/mol. The van der Waals surface area contributed by atoms with Crippen LogP contribution in [0.25, 0.3) is 0 Å². The Morgan fingerprint density at radius 1 is 1.29 bits per heavy atom. The average molecular weight is 364 g/mol. The standard InChI is InChI=1S/C17H20N2O3S2/c1-13-6-8-15(9-7-13)24(21,22)19-10-2-5-16(19)17(20)18-12-14-4-3-11-23-14/h3-4,6-9,11,16H,2,5,10,12H2,1H3,(H,18,20). The first-order valence-corrected chi connectivity index (χ1v) is 10.2. The Bertz CT molecular complexity index is 799. The third-order valence-electron chi connectivity index (χ3n) is 4.15. The highest BCUT2D eigenvalue weighted by Gasteiger charge is 2.39. The SMILES string of the molecule is Cc1ccc(S(=O)(=O)N2CCCC2C(=O)NCc2cccs2)cc1. The van der Waals surface area contributed by atoms with Gasteiger partial charge in [-0.2, -0.15) is 4.31 Å². The van der Waals surface area contributed by atoms with Crippen molar-refractivity contribution in [2.45, 2.75) is 37.2 Å². The average Bonchev–Trinajstić information content (AvgIpc) is 3.24. The topological polar surface area (TPSA) is 66.5 Å². The van der Waals surface area contributed by atoms with Crippen LogP contribution < -0.4 is 5.32 Å². The third kappa shape index (κ3) is 3.53. The number of thiophene rings is 1. The van der Waals surface area contributed by atoms with Crippen LogP contribution in [0.5, 0.6) is 0 Å². The van der Waals surface area contributed by atoms with E-state index in [0.29, 0.717) is 25.9 Å². The van der Waals surface area contributed by atoms with E-state index in [1.165, 1.54) is 4.31 Å². The molecule has 0 radical (unpaired) electrons. The molecule has 1 amide bonds. The first-order valence-electron chi connectivity index (χ1n) is 7.87. The quantitative estimate of drug-likeness (QED) is 0.886. The molecule has 1 aliphatic heterocycles. The normalized spacial score (nSPS) is 18.6. The maximum absolute atomic E-state index is 12.8. The summed E-state index contributed by atoms with van der Waals surface area (Å²) in [4.78, 5) is 13.8. The molecule has 1 saturated heterocycles. The van der Waals surface area contributed by atoms with Crippen LogP contribution in [0.1, 0.15) is 23.3 Å². The van der Waals surface area contributed by atoms with Gasteiger partial charge in [0.1, 0.15) is 6.04 Å². The lowest BCUT2D eigenvalue weighted by Crippen LogP contribution is -2.45. The Kier molecular flexibility index (Phi) is 5.03. The number of nitrogens with one attached hydrogen (secondary N) is 1. The lowest BCUT2D eigenvalue weighted by Gasteiger charge is -2.23. The maximum Gasteiger partial charge on any atom is 0.243 e. The molecule has 2 heterocycles. The van der Waals surface area contributed by atoms with Gasteiger partial charge in [0.25, 0.3) is 0 Å². The van der Waals surface area contributed by atoms with Gasteiger partial charge in [-0.25, -0.2) is 8.42 Å². The lowest BCUT2D eigenvalue weighted by molar-refractivity contribution is -0.124. The van der Waals surface area contributed by atoms with E-state index in [4.69, 9.17) is 0 Å². The van der Waals surface area contributed by atoms with E-state index in [0.717, 1.165) is 10.4 Å². The van der Waals surface area contributed by atoms with Crippen molar-refractivity contribution in [1.82, 2.24) is 9.62 Å². The number of amides is 1. The molecule has 1 atom stereocenters.